The average Bonchev–Trinajstić information content (AvgIpc) is 2.46. The van der Waals surface area contributed by atoms with E-state index < -0.39 is 0 Å². The summed E-state index contributed by atoms with van der Waals surface area (Å²) in [5.74, 6) is 1.19. The lowest BCUT2D eigenvalue weighted by Gasteiger charge is -2.11. The van der Waals surface area contributed by atoms with Gasteiger partial charge in [0.25, 0.3) is 0 Å². The highest BCUT2D eigenvalue weighted by molar-refractivity contribution is 5.97. The molecule has 0 heterocycles. The fourth-order valence-corrected chi connectivity index (χ4v) is 1.77. The molecule has 0 aliphatic carbocycles. The van der Waals surface area contributed by atoms with Gasteiger partial charge in [0, 0.05) is 0 Å². The molecule has 0 saturated carbocycles. The van der Waals surface area contributed by atoms with E-state index in [1.807, 2.05) is 30.3 Å². The fraction of sp³-hybridized carbons (Fsp3) is 0.188. The van der Waals surface area contributed by atoms with E-state index in [0.717, 1.165) is 5.56 Å². The van der Waals surface area contributed by atoms with Gasteiger partial charge in [-0.3, -0.25) is 4.79 Å². The van der Waals surface area contributed by atoms with Crippen LogP contribution in [-0.2, 0) is 6.61 Å². The van der Waals surface area contributed by atoms with Crippen LogP contribution in [0.4, 0.5) is 0 Å². The fourth-order valence-electron chi connectivity index (χ4n) is 1.77. The van der Waals surface area contributed by atoms with Crippen molar-refractivity contribution in [1.82, 2.24) is 0 Å². The summed E-state index contributed by atoms with van der Waals surface area (Å²) in [7, 11) is 1.57. The van der Waals surface area contributed by atoms with Gasteiger partial charge in [-0.15, -0.1) is 0 Å². The minimum Gasteiger partial charge on any atom is -0.497 e. The van der Waals surface area contributed by atoms with Crippen molar-refractivity contribution in [2.75, 3.05) is 7.11 Å². The molecule has 0 saturated heterocycles. The number of carbonyl (C=O) groups is 1. The molecular formula is C16H16O3. The van der Waals surface area contributed by atoms with Crippen molar-refractivity contribution in [2.24, 2.45) is 0 Å². The van der Waals surface area contributed by atoms with Crippen molar-refractivity contribution in [1.29, 1.82) is 0 Å². The largest absolute Gasteiger partial charge is 0.497 e. The monoisotopic (exact) mass is 256 g/mol. The predicted octanol–water partition coefficient (Wildman–Crippen LogP) is 3.48. The Bertz CT molecular complexity index is 561. The van der Waals surface area contributed by atoms with Crippen molar-refractivity contribution in [3.63, 3.8) is 0 Å². The molecule has 0 fully saturated rings. The van der Waals surface area contributed by atoms with E-state index in [1.54, 1.807) is 25.3 Å². The molecule has 0 amide bonds. The number of methoxy groups -OCH3 is 1. The Morgan fingerprint density at radius 1 is 1.11 bits per heavy atom. The molecule has 2 aromatic carbocycles. The molecule has 0 radical (unpaired) electrons. The van der Waals surface area contributed by atoms with Gasteiger partial charge in [0.1, 0.15) is 18.1 Å². The van der Waals surface area contributed by atoms with Gasteiger partial charge in [0.05, 0.1) is 12.7 Å². The van der Waals surface area contributed by atoms with E-state index in [2.05, 4.69) is 0 Å². The molecule has 98 valence electrons. The highest BCUT2D eigenvalue weighted by Gasteiger charge is 2.10. The van der Waals surface area contributed by atoms with E-state index >= 15 is 0 Å². The van der Waals surface area contributed by atoms with Crippen LogP contribution in [0.2, 0.25) is 0 Å². The number of ketones is 1. The van der Waals surface area contributed by atoms with E-state index in [-0.39, 0.29) is 5.78 Å². The van der Waals surface area contributed by atoms with Gasteiger partial charge in [-0.2, -0.15) is 0 Å². The molecule has 2 rings (SSSR count). The second kappa shape index (κ2) is 6.05. The Morgan fingerprint density at radius 2 is 1.84 bits per heavy atom. The van der Waals surface area contributed by atoms with Crippen LogP contribution >= 0.6 is 0 Å². The first-order valence-corrected chi connectivity index (χ1v) is 6.06. The van der Waals surface area contributed by atoms with Crippen molar-refractivity contribution in [3.8, 4) is 11.5 Å². The van der Waals surface area contributed by atoms with Crippen LogP contribution in [0.1, 0.15) is 22.8 Å². The Morgan fingerprint density at radius 3 is 2.47 bits per heavy atom. The van der Waals surface area contributed by atoms with Crippen molar-refractivity contribution >= 4 is 5.78 Å². The second-order valence-electron chi connectivity index (χ2n) is 4.19. The van der Waals surface area contributed by atoms with Gasteiger partial charge in [0.15, 0.2) is 5.78 Å². The quantitative estimate of drug-likeness (QED) is 0.768. The maximum Gasteiger partial charge on any atom is 0.163 e. The van der Waals surface area contributed by atoms with Crippen LogP contribution < -0.4 is 9.47 Å². The topological polar surface area (TPSA) is 35.5 Å². The highest BCUT2D eigenvalue weighted by Crippen LogP contribution is 2.25. The third-order valence-corrected chi connectivity index (χ3v) is 2.80. The number of benzene rings is 2. The summed E-state index contributed by atoms with van der Waals surface area (Å²) in [5, 5.41) is 0. The molecule has 0 spiro atoms. The predicted molar refractivity (Wildman–Crippen MR) is 73.8 cm³/mol. The van der Waals surface area contributed by atoms with Gasteiger partial charge in [-0.25, -0.2) is 0 Å². The van der Waals surface area contributed by atoms with E-state index in [4.69, 9.17) is 9.47 Å². The highest BCUT2D eigenvalue weighted by atomic mass is 16.5. The Hall–Kier alpha value is -2.29. The lowest BCUT2D eigenvalue weighted by molar-refractivity contribution is 0.101. The normalized spacial score (nSPS) is 10.0. The zero-order chi connectivity index (χ0) is 13.7. The number of carbonyl (C=O) groups excluding carboxylic acids is 1. The van der Waals surface area contributed by atoms with Crippen LogP contribution in [0.5, 0.6) is 11.5 Å². The average molecular weight is 256 g/mol. The van der Waals surface area contributed by atoms with Crippen LogP contribution in [0.15, 0.2) is 48.5 Å². The van der Waals surface area contributed by atoms with E-state index in [1.165, 1.54) is 6.92 Å². The number of rotatable bonds is 5. The molecule has 0 N–H and O–H groups in total. The molecule has 3 heteroatoms. The lowest BCUT2D eigenvalue weighted by Crippen LogP contribution is -2.02. The van der Waals surface area contributed by atoms with E-state index in [0.29, 0.717) is 23.7 Å². The van der Waals surface area contributed by atoms with Gasteiger partial charge in [0.2, 0.25) is 0 Å². The van der Waals surface area contributed by atoms with Crippen molar-refractivity contribution in [2.45, 2.75) is 13.5 Å². The molecule has 0 unspecified atom stereocenters. The zero-order valence-corrected chi connectivity index (χ0v) is 11.1. The second-order valence-corrected chi connectivity index (χ2v) is 4.19. The first kappa shape index (κ1) is 13.1. The molecule has 3 nitrogen and oxygen atoms in total. The molecule has 0 aromatic heterocycles. The summed E-state index contributed by atoms with van der Waals surface area (Å²) in [6.07, 6.45) is 0. The molecule has 2 aromatic rings. The van der Waals surface area contributed by atoms with Crippen LogP contribution in [0, 0.1) is 0 Å². The molecule has 0 aliphatic rings. The standard InChI is InChI=1S/C16H16O3/c1-12(17)15-10-14(18-2)8-9-16(15)19-11-13-6-4-3-5-7-13/h3-10H,11H2,1-2H3. The minimum absolute atomic E-state index is 0.0399. The Labute approximate surface area is 112 Å². The number of hydrogen-bond acceptors (Lipinski definition) is 3. The molecule has 0 bridgehead atoms. The molecule has 0 aliphatic heterocycles. The number of Topliss-reactive ketones (excluding diaryl/α,β-unsaturated/α-hetero) is 1. The summed E-state index contributed by atoms with van der Waals surface area (Å²) >= 11 is 0. The van der Waals surface area contributed by atoms with Crippen LogP contribution in [0.3, 0.4) is 0 Å². The minimum atomic E-state index is -0.0399. The molecular weight excluding hydrogens is 240 g/mol. The first-order chi connectivity index (χ1) is 9.20. The SMILES string of the molecule is COc1ccc(OCc2ccccc2)c(C(C)=O)c1. The van der Waals surface area contributed by atoms with Gasteiger partial charge < -0.3 is 9.47 Å². The van der Waals surface area contributed by atoms with Crippen LogP contribution in [0.25, 0.3) is 0 Å². The summed E-state index contributed by atoms with van der Waals surface area (Å²) in [5.41, 5.74) is 1.60. The maximum absolute atomic E-state index is 11.6. The first-order valence-electron chi connectivity index (χ1n) is 6.06. The summed E-state index contributed by atoms with van der Waals surface area (Å²) in [6.45, 7) is 1.96. The number of ether oxygens (including phenoxy) is 2. The summed E-state index contributed by atoms with van der Waals surface area (Å²) in [4.78, 5) is 11.6. The van der Waals surface area contributed by atoms with Crippen molar-refractivity contribution < 1.29 is 14.3 Å². The summed E-state index contributed by atoms with van der Waals surface area (Å²) in [6, 6.07) is 15.1. The van der Waals surface area contributed by atoms with Gasteiger partial charge in [-0.1, -0.05) is 30.3 Å². The number of hydrogen-bond donors (Lipinski definition) is 0. The Balaban J connectivity index is 2.18. The van der Waals surface area contributed by atoms with Crippen molar-refractivity contribution in [3.05, 3.63) is 59.7 Å². The maximum atomic E-state index is 11.6. The molecule has 0 atom stereocenters. The zero-order valence-electron chi connectivity index (χ0n) is 11.1. The smallest absolute Gasteiger partial charge is 0.163 e. The van der Waals surface area contributed by atoms with Gasteiger partial charge >= 0.3 is 0 Å². The summed E-state index contributed by atoms with van der Waals surface area (Å²) < 4.78 is 10.8. The third kappa shape index (κ3) is 3.35. The van der Waals surface area contributed by atoms with Gasteiger partial charge in [-0.05, 0) is 30.7 Å². The van der Waals surface area contributed by atoms with Crippen LogP contribution in [-0.4, -0.2) is 12.9 Å². The van der Waals surface area contributed by atoms with E-state index in [9.17, 15) is 4.79 Å². The third-order valence-electron chi connectivity index (χ3n) is 2.80. The Kier molecular flexibility index (Phi) is 4.18. The lowest BCUT2D eigenvalue weighted by atomic mass is 10.1. The molecule has 19 heavy (non-hydrogen) atoms.